The molecule has 3 aromatic rings. The molecule has 0 atom stereocenters. The van der Waals surface area contributed by atoms with E-state index in [-0.39, 0.29) is 5.56 Å². The van der Waals surface area contributed by atoms with Crippen molar-refractivity contribution in [1.82, 2.24) is 14.5 Å². The number of hydrogen-bond acceptors (Lipinski definition) is 2. The van der Waals surface area contributed by atoms with E-state index in [1.807, 2.05) is 43.3 Å². The quantitative estimate of drug-likeness (QED) is 0.708. The van der Waals surface area contributed by atoms with Crippen molar-refractivity contribution >= 4 is 11.0 Å². The van der Waals surface area contributed by atoms with E-state index in [9.17, 15) is 4.79 Å². The zero-order chi connectivity index (χ0) is 12.7. The second-order valence-electron chi connectivity index (χ2n) is 4.38. The molecule has 0 aliphatic heterocycles. The SMILES string of the molecule is Cc1cc2c(=O)n(C)c(-c3ccccc3)nc2[nH]1. The van der Waals surface area contributed by atoms with Crippen LogP contribution in [0.1, 0.15) is 5.69 Å². The van der Waals surface area contributed by atoms with Crippen LogP contribution < -0.4 is 5.56 Å². The predicted molar refractivity (Wildman–Crippen MR) is 71.5 cm³/mol. The minimum Gasteiger partial charge on any atom is -0.343 e. The molecule has 0 amide bonds. The van der Waals surface area contributed by atoms with Crippen LogP contribution in [-0.2, 0) is 7.05 Å². The number of hydrogen-bond donors (Lipinski definition) is 1. The van der Waals surface area contributed by atoms with E-state index >= 15 is 0 Å². The molecule has 0 saturated carbocycles. The van der Waals surface area contributed by atoms with E-state index in [0.717, 1.165) is 11.3 Å². The minimum atomic E-state index is -0.0248. The van der Waals surface area contributed by atoms with E-state index in [1.165, 1.54) is 0 Å². The van der Waals surface area contributed by atoms with Gasteiger partial charge in [-0.2, -0.15) is 0 Å². The molecule has 1 aromatic carbocycles. The molecule has 90 valence electrons. The van der Waals surface area contributed by atoms with Gasteiger partial charge in [-0.25, -0.2) is 4.98 Å². The van der Waals surface area contributed by atoms with Crippen LogP contribution in [0.2, 0.25) is 0 Å². The number of aromatic amines is 1. The van der Waals surface area contributed by atoms with Gasteiger partial charge in [0.2, 0.25) is 0 Å². The highest BCUT2D eigenvalue weighted by atomic mass is 16.1. The fourth-order valence-corrected chi connectivity index (χ4v) is 2.13. The second kappa shape index (κ2) is 3.84. The lowest BCUT2D eigenvalue weighted by Gasteiger charge is -2.07. The molecule has 1 N–H and O–H groups in total. The van der Waals surface area contributed by atoms with Gasteiger partial charge in [-0.3, -0.25) is 9.36 Å². The first kappa shape index (κ1) is 10.8. The molecule has 0 unspecified atom stereocenters. The predicted octanol–water partition coefficient (Wildman–Crippen LogP) is 2.24. The Kier molecular flexibility index (Phi) is 2.30. The first-order valence-electron chi connectivity index (χ1n) is 5.78. The van der Waals surface area contributed by atoms with Crippen molar-refractivity contribution in [3.8, 4) is 11.4 Å². The Labute approximate surface area is 104 Å². The highest BCUT2D eigenvalue weighted by Gasteiger charge is 2.11. The van der Waals surface area contributed by atoms with Gasteiger partial charge in [0.05, 0.1) is 5.39 Å². The molecule has 18 heavy (non-hydrogen) atoms. The minimum absolute atomic E-state index is 0.0248. The molecule has 2 heterocycles. The van der Waals surface area contributed by atoms with Gasteiger partial charge >= 0.3 is 0 Å². The summed E-state index contributed by atoms with van der Waals surface area (Å²) in [6.45, 7) is 1.92. The maximum absolute atomic E-state index is 12.2. The lowest BCUT2D eigenvalue weighted by atomic mass is 10.2. The summed E-state index contributed by atoms with van der Waals surface area (Å²) in [6, 6.07) is 11.5. The summed E-state index contributed by atoms with van der Waals surface area (Å²) in [4.78, 5) is 19.9. The highest BCUT2D eigenvalue weighted by Crippen LogP contribution is 2.17. The largest absolute Gasteiger partial charge is 0.343 e. The third-order valence-corrected chi connectivity index (χ3v) is 3.03. The molecule has 0 radical (unpaired) electrons. The average Bonchev–Trinajstić information content (AvgIpc) is 2.76. The molecule has 0 fully saturated rings. The number of benzene rings is 1. The van der Waals surface area contributed by atoms with E-state index in [4.69, 9.17) is 0 Å². The summed E-state index contributed by atoms with van der Waals surface area (Å²) in [5.74, 6) is 0.676. The Morgan fingerprint density at radius 2 is 1.94 bits per heavy atom. The van der Waals surface area contributed by atoms with E-state index in [1.54, 1.807) is 11.6 Å². The van der Waals surface area contributed by atoms with Crippen LogP contribution in [0.15, 0.2) is 41.2 Å². The molecule has 4 nitrogen and oxygen atoms in total. The summed E-state index contributed by atoms with van der Waals surface area (Å²) in [6.07, 6.45) is 0. The lowest BCUT2D eigenvalue weighted by Crippen LogP contribution is -2.19. The van der Waals surface area contributed by atoms with Crippen LogP contribution in [0.25, 0.3) is 22.4 Å². The number of nitrogens with zero attached hydrogens (tertiary/aromatic N) is 2. The normalized spacial score (nSPS) is 11.0. The molecule has 3 rings (SSSR count). The molecule has 0 bridgehead atoms. The first-order chi connectivity index (χ1) is 8.66. The van der Waals surface area contributed by atoms with Crippen LogP contribution in [0.5, 0.6) is 0 Å². The Hall–Kier alpha value is -2.36. The van der Waals surface area contributed by atoms with Gasteiger partial charge in [0.1, 0.15) is 11.5 Å². The number of rotatable bonds is 1. The standard InChI is InChI=1S/C14H13N3O/c1-9-8-11-12(15-9)16-13(17(2)14(11)18)10-6-4-3-5-7-10/h3-8,15H,1-2H3. The van der Waals surface area contributed by atoms with Gasteiger partial charge in [0.25, 0.3) is 5.56 Å². The Morgan fingerprint density at radius 3 is 2.67 bits per heavy atom. The average molecular weight is 239 g/mol. The van der Waals surface area contributed by atoms with Crippen LogP contribution in [0.3, 0.4) is 0 Å². The molecular formula is C14H13N3O. The lowest BCUT2D eigenvalue weighted by molar-refractivity contribution is 0.855. The molecule has 0 aliphatic rings. The maximum Gasteiger partial charge on any atom is 0.263 e. The van der Waals surface area contributed by atoms with Gasteiger partial charge < -0.3 is 4.98 Å². The van der Waals surface area contributed by atoms with E-state index < -0.39 is 0 Å². The molecular weight excluding hydrogens is 226 g/mol. The Bertz CT molecular complexity index is 769. The van der Waals surface area contributed by atoms with Crippen molar-refractivity contribution in [2.24, 2.45) is 7.05 Å². The van der Waals surface area contributed by atoms with Gasteiger partial charge in [-0.15, -0.1) is 0 Å². The van der Waals surface area contributed by atoms with E-state index in [0.29, 0.717) is 16.9 Å². The molecule has 0 spiro atoms. The molecule has 4 heteroatoms. The van der Waals surface area contributed by atoms with Crippen molar-refractivity contribution in [3.63, 3.8) is 0 Å². The third-order valence-electron chi connectivity index (χ3n) is 3.03. The zero-order valence-electron chi connectivity index (χ0n) is 10.3. The van der Waals surface area contributed by atoms with Crippen molar-refractivity contribution in [3.05, 3.63) is 52.4 Å². The maximum atomic E-state index is 12.2. The topological polar surface area (TPSA) is 50.7 Å². The van der Waals surface area contributed by atoms with Crippen LogP contribution in [0, 0.1) is 6.92 Å². The number of fused-ring (bicyclic) bond motifs is 1. The summed E-state index contributed by atoms with van der Waals surface area (Å²) in [7, 11) is 1.75. The van der Waals surface area contributed by atoms with E-state index in [2.05, 4.69) is 9.97 Å². The third kappa shape index (κ3) is 1.54. The van der Waals surface area contributed by atoms with Crippen molar-refractivity contribution in [1.29, 1.82) is 0 Å². The summed E-state index contributed by atoms with van der Waals surface area (Å²) in [5.41, 5.74) is 2.50. The van der Waals surface area contributed by atoms with Gasteiger partial charge in [0, 0.05) is 18.3 Å². The fraction of sp³-hybridized carbons (Fsp3) is 0.143. The zero-order valence-corrected chi connectivity index (χ0v) is 10.3. The number of nitrogens with one attached hydrogen (secondary N) is 1. The van der Waals surface area contributed by atoms with Crippen LogP contribution >= 0.6 is 0 Å². The van der Waals surface area contributed by atoms with Crippen molar-refractivity contribution in [2.75, 3.05) is 0 Å². The number of aromatic nitrogens is 3. The second-order valence-corrected chi connectivity index (χ2v) is 4.38. The Morgan fingerprint density at radius 1 is 1.22 bits per heavy atom. The smallest absolute Gasteiger partial charge is 0.263 e. The van der Waals surface area contributed by atoms with Crippen molar-refractivity contribution < 1.29 is 0 Å². The first-order valence-corrected chi connectivity index (χ1v) is 5.78. The number of H-pyrrole nitrogens is 1. The number of aryl methyl sites for hydroxylation is 1. The fourth-order valence-electron chi connectivity index (χ4n) is 2.13. The summed E-state index contributed by atoms with van der Waals surface area (Å²) >= 11 is 0. The monoisotopic (exact) mass is 239 g/mol. The van der Waals surface area contributed by atoms with Crippen LogP contribution in [0.4, 0.5) is 0 Å². The summed E-state index contributed by atoms with van der Waals surface area (Å²) in [5, 5.41) is 0.634. The molecule has 0 aliphatic carbocycles. The molecule has 0 saturated heterocycles. The Balaban J connectivity index is 2.37. The van der Waals surface area contributed by atoms with Gasteiger partial charge in [0.15, 0.2) is 0 Å². The van der Waals surface area contributed by atoms with Gasteiger partial charge in [-0.05, 0) is 13.0 Å². The van der Waals surface area contributed by atoms with Crippen LogP contribution in [-0.4, -0.2) is 14.5 Å². The highest BCUT2D eigenvalue weighted by molar-refractivity contribution is 5.77. The summed E-state index contributed by atoms with van der Waals surface area (Å²) < 4.78 is 1.59. The van der Waals surface area contributed by atoms with Crippen molar-refractivity contribution in [2.45, 2.75) is 6.92 Å². The van der Waals surface area contributed by atoms with Gasteiger partial charge in [-0.1, -0.05) is 30.3 Å². The molecule has 2 aromatic heterocycles.